The predicted molar refractivity (Wildman–Crippen MR) is 365 cm³/mol. The van der Waals surface area contributed by atoms with Gasteiger partial charge in [0.15, 0.2) is 0 Å². The second-order valence-electron chi connectivity index (χ2n) is 26.8. The lowest BCUT2D eigenvalue weighted by Gasteiger charge is -2.43. The summed E-state index contributed by atoms with van der Waals surface area (Å²) in [6, 6.07) is 32.3. The molecule has 18 nitrogen and oxygen atoms in total. The fourth-order valence-electron chi connectivity index (χ4n) is 14.4. The molecule has 18 heteroatoms. The van der Waals surface area contributed by atoms with Gasteiger partial charge in [0.05, 0.1) is 79.0 Å². The SMILES string of the molecule is C1CCN(CCCN2CN(CCCN3CCCCC3)CN(CCCN3CCCCC3)C2)CC1.c1ccc(CN2CN(Cc3ccccc3)CN(Cc3ccccc3)C2)cc1.c1cn(CCCN2CN(CCCn3ccnc3)CN(CCCn3ccnc3)C2)cn1. The first-order valence-electron chi connectivity index (χ1n) is 35.2. The van der Waals surface area contributed by atoms with E-state index in [9.17, 15) is 0 Å². The van der Waals surface area contributed by atoms with Crippen molar-refractivity contribution in [2.24, 2.45) is 0 Å². The number of hydrogen-bond acceptors (Lipinski definition) is 15. The summed E-state index contributed by atoms with van der Waals surface area (Å²) < 4.78 is 6.49. The van der Waals surface area contributed by atoms with Crippen molar-refractivity contribution in [3.8, 4) is 0 Å². The normalized spacial score (nSPS) is 20.0. The summed E-state index contributed by atoms with van der Waals surface area (Å²) in [6.07, 6.45) is 37.7. The molecule has 90 heavy (non-hydrogen) atoms. The number of piperidine rings is 3. The van der Waals surface area contributed by atoms with Gasteiger partial charge in [-0.05, 0) is 153 Å². The Hall–Kier alpha value is -5.19. The maximum atomic E-state index is 4.14. The molecule has 6 saturated heterocycles. The maximum absolute atomic E-state index is 4.14. The number of aromatic nitrogens is 6. The molecule has 6 fully saturated rings. The van der Waals surface area contributed by atoms with Crippen LogP contribution in [0.2, 0.25) is 0 Å². The molecule has 3 aromatic carbocycles. The molecule has 3 aromatic heterocycles. The van der Waals surface area contributed by atoms with Gasteiger partial charge in [-0.25, -0.2) is 15.0 Å². The molecule has 0 unspecified atom stereocenters. The molecule has 12 rings (SSSR count). The highest BCUT2D eigenvalue weighted by molar-refractivity contribution is 5.17. The highest BCUT2D eigenvalue weighted by Gasteiger charge is 2.27. The van der Waals surface area contributed by atoms with Crippen molar-refractivity contribution >= 4 is 0 Å². The van der Waals surface area contributed by atoms with Crippen molar-refractivity contribution in [2.45, 2.75) is 136 Å². The third kappa shape index (κ3) is 25.4. The van der Waals surface area contributed by atoms with Gasteiger partial charge in [0, 0.05) is 116 Å². The van der Waals surface area contributed by atoms with Gasteiger partial charge in [-0.3, -0.25) is 44.1 Å². The molecule has 0 bridgehead atoms. The zero-order chi connectivity index (χ0) is 61.3. The van der Waals surface area contributed by atoms with E-state index in [-0.39, 0.29) is 0 Å². The summed E-state index contributed by atoms with van der Waals surface area (Å²) in [5.74, 6) is 0. The van der Waals surface area contributed by atoms with Crippen molar-refractivity contribution in [1.82, 2.24) is 87.5 Å². The second kappa shape index (κ2) is 39.4. The van der Waals surface area contributed by atoms with Crippen LogP contribution in [0.15, 0.2) is 147 Å². The molecular weight excluding hydrogens is 1120 g/mol. The first-order valence-corrected chi connectivity index (χ1v) is 35.2. The first-order chi connectivity index (χ1) is 44.5. The summed E-state index contributed by atoms with van der Waals surface area (Å²) in [6.45, 7) is 34.8. The van der Waals surface area contributed by atoms with E-state index < -0.39 is 0 Å². The van der Waals surface area contributed by atoms with Crippen molar-refractivity contribution in [1.29, 1.82) is 0 Å². The van der Waals surface area contributed by atoms with Gasteiger partial charge in [-0.2, -0.15) is 0 Å². The average molecular weight is 1230 g/mol. The minimum Gasteiger partial charge on any atom is -0.337 e. The fraction of sp³-hybridized carbons (Fsp3) is 0.625. The Morgan fingerprint density at radius 3 is 0.689 bits per heavy atom. The van der Waals surface area contributed by atoms with Gasteiger partial charge in [-0.1, -0.05) is 110 Å². The lowest BCUT2D eigenvalue weighted by molar-refractivity contribution is -0.0422. The number of rotatable bonds is 30. The molecule has 0 N–H and O–H groups in total. The lowest BCUT2D eigenvalue weighted by Crippen LogP contribution is -2.56. The quantitative estimate of drug-likeness (QED) is 0.0429. The van der Waals surface area contributed by atoms with Crippen molar-refractivity contribution in [3.63, 3.8) is 0 Å². The Balaban J connectivity index is 0.000000149. The Kier molecular flexibility index (Phi) is 29.6. The number of imidazole rings is 3. The minimum atomic E-state index is 0.984. The fourth-order valence-corrected chi connectivity index (χ4v) is 14.4. The largest absolute Gasteiger partial charge is 0.337 e. The molecule has 9 heterocycles. The third-order valence-electron chi connectivity index (χ3n) is 18.9. The van der Waals surface area contributed by atoms with Gasteiger partial charge >= 0.3 is 0 Å². The number of aryl methyl sites for hydroxylation is 3. The molecule has 6 aliphatic rings. The van der Waals surface area contributed by atoms with Gasteiger partial charge in [-0.15, -0.1) is 0 Å². The van der Waals surface area contributed by atoms with Crippen LogP contribution in [-0.4, -0.2) is 246 Å². The molecule has 0 amide bonds. The van der Waals surface area contributed by atoms with Crippen LogP contribution in [0.5, 0.6) is 0 Å². The number of benzene rings is 3. The Morgan fingerprint density at radius 1 is 0.233 bits per heavy atom. The molecular formula is C72H114N18. The topological polar surface area (TPSA) is 92.3 Å². The molecule has 492 valence electrons. The lowest BCUT2D eigenvalue weighted by atomic mass is 10.1. The molecule has 0 saturated carbocycles. The van der Waals surface area contributed by atoms with Gasteiger partial charge in [0.2, 0.25) is 0 Å². The monoisotopic (exact) mass is 1230 g/mol. The Bertz CT molecular complexity index is 2370. The van der Waals surface area contributed by atoms with Crippen LogP contribution in [0.4, 0.5) is 0 Å². The summed E-state index contributed by atoms with van der Waals surface area (Å²) in [7, 11) is 0. The number of likely N-dealkylation sites (tertiary alicyclic amines) is 3. The van der Waals surface area contributed by atoms with Gasteiger partial charge < -0.3 is 28.4 Å². The van der Waals surface area contributed by atoms with Gasteiger partial charge in [0.1, 0.15) is 0 Å². The maximum Gasteiger partial charge on any atom is 0.0945 e. The van der Waals surface area contributed by atoms with E-state index in [4.69, 9.17) is 0 Å². The van der Waals surface area contributed by atoms with Crippen LogP contribution >= 0.6 is 0 Å². The highest BCUT2D eigenvalue weighted by atomic mass is 15.5. The highest BCUT2D eigenvalue weighted by Crippen LogP contribution is 2.20. The Morgan fingerprint density at radius 2 is 0.456 bits per heavy atom. The molecule has 6 aromatic rings. The van der Waals surface area contributed by atoms with E-state index >= 15 is 0 Å². The second-order valence-corrected chi connectivity index (χ2v) is 26.8. The van der Waals surface area contributed by atoms with Crippen LogP contribution in [0.25, 0.3) is 0 Å². The van der Waals surface area contributed by atoms with E-state index in [0.717, 1.165) is 118 Å². The number of hydrogen-bond donors (Lipinski definition) is 0. The molecule has 6 aliphatic heterocycles. The smallest absolute Gasteiger partial charge is 0.0945 e. The van der Waals surface area contributed by atoms with Crippen molar-refractivity contribution in [3.05, 3.63) is 164 Å². The molecule has 0 spiro atoms. The summed E-state index contributed by atoms with van der Waals surface area (Å²) in [4.78, 5) is 44.1. The van der Waals surface area contributed by atoms with E-state index in [1.54, 1.807) is 0 Å². The Labute approximate surface area is 542 Å². The summed E-state index contributed by atoms with van der Waals surface area (Å²) in [5.41, 5.74) is 4.12. The zero-order valence-corrected chi connectivity index (χ0v) is 55.2. The summed E-state index contributed by atoms with van der Waals surface area (Å²) in [5, 5.41) is 0. The van der Waals surface area contributed by atoms with Crippen LogP contribution in [0.1, 0.15) is 113 Å². The van der Waals surface area contributed by atoms with Crippen LogP contribution in [0.3, 0.4) is 0 Å². The van der Waals surface area contributed by atoms with Crippen molar-refractivity contribution < 1.29 is 0 Å². The zero-order valence-electron chi connectivity index (χ0n) is 55.2. The van der Waals surface area contributed by atoms with Gasteiger partial charge in [0.25, 0.3) is 0 Å². The predicted octanol–water partition coefficient (Wildman–Crippen LogP) is 9.42. The van der Waals surface area contributed by atoms with Crippen molar-refractivity contribution in [2.75, 3.05) is 158 Å². The standard InChI is InChI=1S/C27H54N6.C24H27N3.C21H33N9/c1-4-13-28(14-5-1)19-10-22-31-25-32(23-11-20-29-15-6-2-7-16-29)27-33(26-31)24-12-21-30-17-8-3-9-18-30;1-4-10-22(11-5-1)16-25-19-26(17-23-12-6-2-7-13-23)21-27(20-25)18-24-14-8-3-9-15-24;1(7-25-13-4-22-16-25)10-28-19-29(11-2-8-26-14-5-23-17-26)21-30(20-28)12-3-9-27-15-6-24-18-27/h1-27H2;1-15H,16-21H2;4-6,13-18H,1-3,7-12,19-21H2. The van der Waals surface area contributed by atoms with Crippen LogP contribution in [-0.2, 0) is 39.3 Å². The minimum absolute atomic E-state index is 0.984. The molecule has 0 atom stereocenters. The molecule has 0 aliphatic carbocycles. The van der Waals surface area contributed by atoms with E-state index in [2.05, 4.69) is 178 Å². The van der Waals surface area contributed by atoms with E-state index in [1.165, 1.54) is 192 Å². The number of nitrogens with zero attached hydrogens (tertiary/aromatic N) is 18. The van der Waals surface area contributed by atoms with Crippen LogP contribution < -0.4 is 0 Å². The molecule has 0 radical (unpaired) electrons. The van der Waals surface area contributed by atoms with E-state index in [1.807, 2.05) is 56.2 Å². The third-order valence-corrected chi connectivity index (χ3v) is 18.9. The van der Waals surface area contributed by atoms with Crippen LogP contribution in [0, 0.1) is 0 Å². The first kappa shape index (κ1) is 67.7. The van der Waals surface area contributed by atoms with E-state index in [0.29, 0.717) is 0 Å². The summed E-state index contributed by atoms with van der Waals surface area (Å²) >= 11 is 0. The average Bonchev–Trinajstić information content (AvgIpc) is 4.64.